The Morgan fingerprint density at radius 3 is 2.36 bits per heavy atom. The van der Waals surface area contributed by atoms with Crippen LogP contribution in [0, 0.1) is 0 Å². The number of halogens is 1. The molecule has 0 aliphatic carbocycles. The quantitative estimate of drug-likeness (QED) is 0.583. The topological polar surface area (TPSA) is 21.3 Å². The molecule has 0 aliphatic rings. The lowest BCUT2D eigenvalue weighted by Crippen LogP contribution is -2.17. The Hall–Kier alpha value is -2.29. The number of ether oxygens (including phenoxy) is 1. The second-order valence-corrected chi connectivity index (χ2v) is 6.51. The van der Waals surface area contributed by atoms with E-state index in [1.165, 1.54) is 11.1 Å². The van der Waals surface area contributed by atoms with Crippen molar-refractivity contribution in [3.8, 4) is 5.75 Å². The Morgan fingerprint density at radius 1 is 0.880 bits per heavy atom. The van der Waals surface area contributed by atoms with Crippen LogP contribution in [0.1, 0.15) is 29.7 Å². The molecule has 0 heterocycles. The minimum absolute atomic E-state index is 0.319. The molecule has 1 atom stereocenters. The summed E-state index contributed by atoms with van der Waals surface area (Å²) in [7, 11) is 0. The van der Waals surface area contributed by atoms with Gasteiger partial charge < -0.3 is 10.1 Å². The van der Waals surface area contributed by atoms with Crippen LogP contribution < -0.4 is 10.1 Å². The van der Waals surface area contributed by atoms with Crippen molar-refractivity contribution in [1.29, 1.82) is 0 Å². The third-order valence-electron chi connectivity index (χ3n) is 4.13. The minimum atomic E-state index is 0.319. The highest BCUT2D eigenvalue weighted by Gasteiger charge is 2.04. The third kappa shape index (κ3) is 5.35. The zero-order valence-corrected chi connectivity index (χ0v) is 15.0. The molecule has 3 aromatic rings. The van der Waals surface area contributed by atoms with Crippen molar-refractivity contribution in [3.05, 3.63) is 101 Å². The highest BCUT2D eigenvalue weighted by atomic mass is 35.5. The van der Waals surface area contributed by atoms with Crippen LogP contribution in [0.25, 0.3) is 0 Å². The van der Waals surface area contributed by atoms with E-state index in [1.807, 2.05) is 42.5 Å². The van der Waals surface area contributed by atoms with Gasteiger partial charge in [0.1, 0.15) is 12.4 Å². The zero-order chi connectivity index (χ0) is 17.5. The minimum Gasteiger partial charge on any atom is -0.489 e. The fourth-order valence-electron chi connectivity index (χ4n) is 2.63. The zero-order valence-electron chi connectivity index (χ0n) is 14.3. The van der Waals surface area contributed by atoms with Crippen LogP contribution >= 0.6 is 11.6 Å². The van der Waals surface area contributed by atoms with Gasteiger partial charge in [-0.1, -0.05) is 66.2 Å². The molecule has 25 heavy (non-hydrogen) atoms. The second-order valence-electron chi connectivity index (χ2n) is 6.08. The van der Waals surface area contributed by atoms with E-state index in [4.69, 9.17) is 16.3 Å². The van der Waals surface area contributed by atoms with Gasteiger partial charge in [0.2, 0.25) is 0 Å². The first-order valence-corrected chi connectivity index (χ1v) is 8.83. The van der Waals surface area contributed by atoms with E-state index in [0.717, 1.165) is 22.9 Å². The van der Waals surface area contributed by atoms with Gasteiger partial charge in [-0.25, -0.2) is 0 Å². The lowest BCUT2D eigenvalue weighted by atomic mass is 10.1. The van der Waals surface area contributed by atoms with Crippen molar-refractivity contribution in [1.82, 2.24) is 5.32 Å². The van der Waals surface area contributed by atoms with Gasteiger partial charge in [-0.05, 0) is 47.9 Å². The predicted octanol–water partition coefficient (Wildman–Crippen LogP) is 5.77. The molecule has 0 aromatic heterocycles. The summed E-state index contributed by atoms with van der Waals surface area (Å²) in [5.41, 5.74) is 3.59. The molecule has 0 saturated heterocycles. The number of nitrogens with one attached hydrogen (secondary N) is 1. The maximum atomic E-state index is 5.99. The molecule has 2 nitrogen and oxygen atoms in total. The van der Waals surface area contributed by atoms with Gasteiger partial charge in [-0.15, -0.1) is 0 Å². The van der Waals surface area contributed by atoms with E-state index in [1.54, 1.807) is 0 Å². The molecule has 0 spiro atoms. The molecule has 3 rings (SSSR count). The van der Waals surface area contributed by atoms with E-state index >= 15 is 0 Å². The summed E-state index contributed by atoms with van der Waals surface area (Å²) >= 11 is 5.99. The Labute approximate surface area is 154 Å². The van der Waals surface area contributed by atoms with Crippen LogP contribution in [0.2, 0.25) is 5.02 Å². The fourth-order valence-corrected chi connectivity index (χ4v) is 2.84. The molecule has 0 bridgehead atoms. The molecule has 0 aliphatic heterocycles. The summed E-state index contributed by atoms with van der Waals surface area (Å²) in [6, 6.07) is 26.7. The Bertz CT molecular complexity index is 787. The first kappa shape index (κ1) is 17.5. The van der Waals surface area contributed by atoms with Gasteiger partial charge in [-0.3, -0.25) is 0 Å². The Morgan fingerprint density at radius 2 is 1.64 bits per heavy atom. The number of rotatable bonds is 7. The fraction of sp³-hybridized carbons (Fsp3) is 0.182. The molecule has 0 radical (unpaired) electrons. The van der Waals surface area contributed by atoms with Crippen LogP contribution in [0.3, 0.4) is 0 Å². The van der Waals surface area contributed by atoms with Crippen molar-refractivity contribution in [2.75, 3.05) is 0 Å². The molecule has 0 saturated carbocycles. The standard InChI is InChI=1S/C22H22ClNO/c1-17(20-7-3-2-4-8-20)24-15-18-10-12-22(13-11-18)25-16-19-6-5-9-21(23)14-19/h2-14,17,24H,15-16H2,1H3/t17-/m1/s1. The van der Waals surface area contributed by atoms with Crippen LogP contribution in [-0.4, -0.2) is 0 Å². The van der Waals surface area contributed by atoms with Crippen LogP contribution in [0.5, 0.6) is 5.75 Å². The van der Waals surface area contributed by atoms with Gasteiger partial charge in [0.25, 0.3) is 0 Å². The molecule has 3 aromatic carbocycles. The molecular formula is C22H22ClNO. The Kier molecular flexibility index (Phi) is 6.10. The smallest absolute Gasteiger partial charge is 0.119 e. The van der Waals surface area contributed by atoms with Crippen molar-refractivity contribution < 1.29 is 4.74 Å². The molecule has 3 heteroatoms. The molecule has 1 N–H and O–H groups in total. The highest BCUT2D eigenvalue weighted by Crippen LogP contribution is 2.17. The van der Waals surface area contributed by atoms with Crippen molar-refractivity contribution in [2.24, 2.45) is 0 Å². The van der Waals surface area contributed by atoms with Crippen molar-refractivity contribution in [3.63, 3.8) is 0 Å². The summed E-state index contributed by atoms with van der Waals surface area (Å²) < 4.78 is 5.82. The molecule has 0 fully saturated rings. The average molecular weight is 352 g/mol. The van der Waals surface area contributed by atoms with Crippen molar-refractivity contribution in [2.45, 2.75) is 26.1 Å². The lowest BCUT2D eigenvalue weighted by molar-refractivity contribution is 0.306. The largest absolute Gasteiger partial charge is 0.489 e. The van der Waals surface area contributed by atoms with Gasteiger partial charge in [0.05, 0.1) is 0 Å². The predicted molar refractivity (Wildman–Crippen MR) is 104 cm³/mol. The van der Waals surface area contributed by atoms with E-state index in [2.05, 4.69) is 48.6 Å². The third-order valence-corrected chi connectivity index (χ3v) is 4.36. The summed E-state index contributed by atoms with van der Waals surface area (Å²) in [6.45, 7) is 3.52. The monoisotopic (exact) mass is 351 g/mol. The molecular weight excluding hydrogens is 330 g/mol. The van der Waals surface area contributed by atoms with E-state index in [-0.39, 0.29) is 0 Å². The molecule has 0 amide bonds. The normalized spacial score (nSPS) is 11.9. The van der Waals surface area contributed by atoms with E-state index < -0.39 is 0 Å². The van der Waals surface area contributed by atoms with Gasteiger partial charge in [0, 0.05) is 17.6 Å². The summed E-state index contributed by atoms with van der Waals surface area (Å²) in [4.78, 5) is 0. The second kappa shape index (κ2) is 8.70. The first-order chi connectivity index (χ1) is 12.2. The van der Waals surface area contributed by atoms with Gasteiger partial charge >= 0.3 is 0 Å². The van der Waals surface area contributed by atoms with Crippen LogP contribution in [-0.2, 0) is 13.2 Å². The first-order valence-electron chi connectivity index (χ1n) is 8.45. The van der Waals surface area contributed by atoms with Crippen LogP contribution in [0.15, 0.2) is 78.9 Å². The molecule has 128 valence electrons. The number of hydrogen-bond acceptors (Lipinski definition) is 2. The maximum absolute atomic E-state index is 5.99. The number of hydrogen-bond donors (Lipinski definition) is 1. The SMILES string of the molecule is C[C@@H](NCc1ccc(OCc2cccc(Cl)c2)cc1)c1ccccc1. The maximum Gasteiger partial charge on any atom is 0.119 e. The number of benzene rings is 3. The highest BCUT2D eigenvalue weighted by molar-refractivity contribution is 6.30. The van der Waals surface area contributed by atoms with Crippen LogP contribution in [0.4, 0.5) is 0 Å². The van der Waals surface area contributed by atoms with Crippen molar-refractivity contribution >= 4 is 11.6 Å². The van der Waals surface area contributed by atoms with Gasteiger partial charge in [-0.2, -0.15) is 0 Å². The van der Waals surface area contributed by atoms with E-state index in [9.17, 15) is 0 Å². The summed E-state index contributed by atoms with van der Waals surface area (Å²) in [6.07, 6.45) is 0. The van der Waals surface area contributed by atoms with Gasteiger partial charge in [0.15, 0.2) is 0 Å². The lowest BCUT2D eigenvalue weighted by Gasteiger charge is -2.14. The van der Waals surface area contributed by atoms with E-state index in [0.29, 0.717) is 12.6 Å². The average Bonchev–Trinajstić information content (AvgIpc) is 2.66. The summed E-state index contributed by atoms with van der Waals surface area (Å²) in [5.74, 6) is 0.861. The summed E-state index contributed by atoms with van der Waals surface area (Å²) in [5, 5.41) is 4.27. The Balaban J connectivity index is 1.50. The molecule has 0 unspecified atom stereocenters.